The van der Waals surface area contributed by atoms with Gasteiger partial charge in [-0.3, -0.25) is 0 Å². The summed E-state index contributed by atoms with van der Waals surface area (Å²) < 4.78 is 7.31. The van der Waals surface area contributed by atoms with Crippen LogP contribution in [0.4, 0.5) is 5.82 Å². The fourth-order valence-corrected chi connectivity index (χ4v) is 3.37. The quantitative estimate of drug-likeness (QED) is 0.789. The number of aromatic nitrogens is 2. The zero-order chi connectivity index (χ0) is 16.7. The molecule has 1 aliphatic rings. The van der Waals surface area contributed by atoms with Crippen LogP contribution in [0.5, 0.6) is 5.75 Å². The molecular formula is C20H21N3O. The van der Waals surface area contributed by atoms with Crippen LogP contribution in [0.2, 0.25) is 0 Å². The van der Waals surface area contributed by atoms with Crippen LogP contribution in [0.1, 0.15) is 16.7 Å². The van der Waals surface area contributed by atoms with Gasteiger partial charge in [-0.25, -0.2) is 4.68 Å². The van der Waals surface area contributed by atoms with Gasteiger partial charge in [0.2, 0.25) is 0 Å². The second kappa shape index (κ2) is 5.71. The van der Waals surface area contributed by atoms with E-state index in [1.165, 1.54) is 16.7 Å². The van der Waals surface area contributed by atoms with Crippen molar-refractivity contribution in [3.63, 3.8) is 0 Å². The molecule has 2 heterocycles. The van der Waals surface area contributed by atoms with Crippen molar-refractivity contribution < 1.29 is 4.74 Å². The zero-order valence-electron chi connectivity index (χ0n) is 14.3. The summed E-state index contributed by atoms with van der Waals surface area (Å²) in [5, 5.41) is 8.43. The first-order valence-corrected chi connectivity index (χ1v) is 8.25. The summed E-state index contributed by atoms with van der Waals surface area (Å²) in [6, 6.07) is 14.6. The lowest BCUT2D eigenvalue weighted by Crippen LogP contribution is -2.05. The van der Waals surface area contributed by atoms with Gasteiger partial charge in [-0.15, -0.1) is 0 Å². The van der Waals surface area contributed by atoms with Gasteiger partial charge < -0.3 is 10.1 Å². The van der Waals surface area contributed by atoms with Crippen LogP contribution in [0.15, 0.2) is 42.5 Å². The largest absolute Gasteiger partial charge is 0.497 e. The van der Waals surface area contributed by atoms with Gasteiger partial charge in [0.1, 0.15) is 11.6 Å². The average molecular weight is 319 g/mol. The van der Waals surface area contributed by atoms with Crippen LogP contribution in [0.25, 0.3) is 16.9 Å². The summed E-state index contributed by atoms with van der Waals surface area (Å²) in [5.74, 6) is 1.98. The second-order valence-corrected chi connectivity index (χ2v) is 6.28. The molecule has 24 heavy (non-hydrogen) atoms. The maximum Gasteiger partial charge on any atom is 0.133 e. The van der Waals surface area contributed by atoms with Crippen molar-refractivity contribution >= 4 is 5.82 Å². The lowest BCUT2D eigenvalue weighted by atomic mass is 10.1. The number of rotatable bonds is 3. The Hall–Kier alpha value is -2.75. The summed E-state index contributed by atoms with van der Waals surface area (Å²) in [4.78, 5) is 0. The lowest BCUT2D eigenvalue weighted by Gasteiger charge is -2.10. The van der Waals surface area contributed by atoms with E-state index < -0.39 is 0 Å². The number of fused-ring (bicyclic) bond motifs is 1. The Kier molecular flexibility index (Phi) is 3.53. The lowest BCUT2D eigenvalue weighted by molar-refractivity contribution is 0.415. The van der Waals surface area contributed by atoms with Crippen LogP contribution in [-0.4, -0.2) is 23.4 Å². The topological polar surface area (TPSA) is 39.1 Å². The molecule has 0 saturated carbocycles. The molecule has 4 rings (SSSR count). The maximum absolute atomic E-state index is 5.26. The monoisotopic (exact) mass is 319 g/mol. The number of anilines is 1. The van der Waals surface area contributed by atoms with E-state index in [4.69, 9.17) is 9.84 Å². The molecule has 1 aliphatic heterocycles. The highest BCUT2D eigenvalue weighted by molar-refractivity contribution is 5.73. The van der Waals surface area contributed by atoms with Gasteiger partial charge in [-0.2, -0.15) is 5.10 Å². The summed E-state index contributed by atoms with van der Waals surface area (Å²) in [7, 11) is 1.69. The van der Waals surface area contributed by atoms with Gasteiger partial charge in [0, 0.05) is 17.7 Å². The minimum atomic E-state index is 0.863. The van der Waals surface area contributed by atoms with Crippen molar-refractivity contribution in [1.82, 2.24) is 9.78 Å². The Morgan fingerprint density at radius 2 is 1.88 bits per heavy atom. The summed E-state index contributed by atoms with van der Waals surface area (Å²) >= 11 is 0. The fraction of sp³-hybridized carbons (Fsp3) is 0.250. The van der Waals surface area contributed by atoms with Gasteiger partial charge in [0.15, 0.2) is 0 Å². The number of nitrogens with one attached hydrogen (secondary N) is 1. The van der Waals surface area contributed by atoms with Crippen molar-refractivity contribution in [2.75, 3.05) is 19.0 Å². The molecule has 2 aromatic carbocycles. The molecule has 1 aromatic heterocycles. The van der Waals surface area contributed by atoms with E-state index in [1.54, 1.807) is 7.11 Å². The van der Waals surface area contributed by atoms with Crippen LogP contribution in [0, 0.1) is 13.8 Å². The Morgan fingerprint density at radius 1 is 1.08 bits per heavy atom. The summed E-state index contributed by atoms with van der Waals surface area (Å²) in [6.07, 6.45) is 1.00. The van der Waals surface area contributed by atoms with Gasteiger partial charge in [-0.1, -0.05) is 17.7 Å². The number of ether oxygens (including phenoxy) is 1. The van der Waals surface area contributed by atoms with Crippen LogP contribution in [-0.2, 0) is 6.42 Å². The molecule has 4 nitrogen and oxygen atoms in total. The molecular weight excluding hydrogens is 298 g/mol. The molecule has 0 radical (unpaired) electrons. The van der Waals surface area contributed by atoms with E-state index in [0.717, 1.165) is 41.5 Å². The number of methoxy groups -OCH3 is 1. The first-order chi connectivity index (χ1) is 11.7. The van der Waals surface area contributed by atoms with Gasteiger partial charge in [0.25, 0.3) is 0 Å². The number of hydrogen-bond acceptors (Lipinski definition) is 3. The zero-order valence-corrected chi connectivity index (χ0v) is 14.3. The summed E-state index contributed by atoms with van der Waals surface area (Å²) in [5.41, 5.74) is 7.10. The molecule has 0 amide bonds. The number of benzene rings is 2. The molecule has 0 aliphatic carbocycles. The third-order valence-corrected chi connectivity index (χ3v) is 4.59. The molecule has 0 saturated heterocycles. The molecule has 1 N–H and O–H groups in total. The van der Waals surface area contributed by atoms with Crippen molar-refractivity contribution in [3.8, 4) is 22.7 Å². The van der Waals surface area contributed by atoms with Crippen LogP contribution >= 0.6 is 0 Å². The Balaban J connectivity index is 1.85. The van der Waals surface area contributed by atoms with Gasteiger partial charge in [-0.05, 0) is 56.2 Å². The van der Waals surface area contributed by atoms with Crippen LogP contribution < -0.4 is 10.1 Å². The normalized spacial score (nSPS) is 12.8. The molecule has 3 aromatic rings. The highest BCUT2D eigenvalue weighted by atomic mass is 16.5. The van der Waals surface area contributed by atoms with Crippen molar-refractivity contribution in [3.05, 3.63) is 59.2 Å². The molecule has 0 bridgehead atoms. The molecule has 0 unspecified atom stereocenters. The van der Waals surface area contributed by atoms with E-state index in [2.05, 4.69) is 54.2 Å². The molecule has 122 valence electrons. The maximum atomic E-state index is 5.26. The van der Waals surface area contributed by atoms with Gasteiger partial charge >= 0.3 is 0 Å². The molecule has 4 heteroatoms. The Labute approximate surface area is 142 Å². The van der Waals surface area contributed by atoms with Crippen molar-refractivity contribution in [2.24, 2.45) is 0 Å². The van der Waals surface area contributed by atoms with Crippen molar-refractivity contribution in [2.45, 2.75) is 20.3 Å². The third-order valence-electron chi connectivity index (χ3n) is 4.59. The molecule has 0 atom stereocenters. The van der Waals surface area contributed by atoms with E-state index in [-0.39, 0.29) is 0 Å². The van der Waals surface area contributed by atoms with E-state index >= 15 is 0 Å². The third kappa shape index (κ3) is 2.35. The van der Waals surface area contributed by atoms with E-state index in [0.29, 0.717) is 0 Å². The molecule has 0 fully saturated rings. The highest BCUT2D eigenvalue weighted by Crippen LogP contribution is 2.35. The van der Waals surface area contributed by atoms with Crippen molar-refractivity contribution in [1.29, 1.82) is 0 Å². The van der Waals surface area contributed by atoms with E-state index in [9.17, 15) is 0 Å². The second-order valence-electron chi connectivity index (χ2n) is 6.28. The number of aryl methyl sites for hydroxylation is 2. The predicted octanol–water partition coefficient (Wildman–Crippen LogP) is 4.13. The fourth-order valence-electron chi connectivity index (χ4n) is 3.37. The number of nitrogens with zero attached hydrogens (tertiary/aromatic N) is 2. The number of hydrogen-bond donors (Lipinski definition) is 1. The first-order valence-electron chi connectivity index (χ1n) is 8.25. The Bertz CT molecular complexity index is 894. The predicted molar refractivity (Wildman–Crippen MR) is 97.2 cm³/mol. The minimum absolute atomic E-state index is 0.863. The standard InChI is InChI=1S/C20H21N3O/c1-13-4-9-18(14(2)12-13)23-20-17(10-11-21-20)19(22-23)15-5-7-16(24-3)8-6-15/h4-9,12,21H,10-11H2,1-3H3. The average Bonchev–Trinajstić information content (AvgIpc) is 3.18. The van der Waals surface area contributed by atoms with E-state index in [1.807, 2.05) is 12.1 Å². The SMILES string of the molecule is COc1ccc(-c2nn(-c3ccc(C)cc3C)c3c2CCN3)cc1. The van der Waals surface area contributed by atoms with Crippen LogP contribution in [0.3, 0.4) is 0 Å². The Morgan fingerprint density at radius 3 is 2.58 bits per heavy atom. The molecule has 0 spiro atoms. The minimum Gasteiger partial charge on any atom is -0.497 e. The highest BCUT2D eigenvalue weighted by Gasteiger charge is 2.24. The summed E-state index contributed by atoms with van der Waals surface area (Å²) in [6.45, 7) is 5.21. The van der Waals surface area contributed by atoms with Gasteiger partial charge in [0.05, 0.1) is 18.5 Å². The smallest absolute Gasteiger partial charge is 0.133 e. The first kappa shape index (κ1) is 14.8.